The van der Waals surface area contributed by atoms with Crippen molar-refractivity contribution in [2.75, 3.05) is 0 Å². The Morgan fingerprint density at radius 1 is 1.09 bits per heavy atom. The van der Waals surface area contributed by atoms with Gasteiger partial charge in [0.05, 0.1) is 5.60 Å². The third kappa shape index (κ3) is 4.83. The van der Waals surface area contributed by atoms with Crippen molar-refractivity contribution in [3.8, 4) is 0 Å². The molecular formula is C16H16Cl2F2N2O. The molecule has 0 saturated heterocycles. The number of nitrogens with zero attached hydrogens (tertiary/aromatic N) is 2. The van der Waals surface area contributed by atoms with Gasteiger partial charge in [0.25, 0.3) is 6.43 Å². The summed E-state index contributed by atoms with van der Waals surface area (Å²) in [5.74, 6) is -0.607. The summed E-state index contributed by atoms with van der Waals surface area (Å²) in [6.07, 6.45) is -2.09. The SMILES string of the molecule is CC(C)(C)OC(c1ccc(Cl)cc1)c1cnc(C(F)F)nc1Cl. The van der Waals surface area contributed by atoms with Gasteiger partial charge in [-0.05, 0) is 38.5 Å². The van der Waals surface area contributed by atoms with E-state index in [-0.39, 0.29) is 5.15 Å². The molecule has 0 spiro atoms. The summed E-state index contributed by atoms with van der Waals surface area (Å²) in [5, 5.41) is 0.526. The summed E-state index contributed by atoms with van der Waals surface area (Å²) in [6, 6.07) is 7.02. The minimum atomic E-state index is -2.78. The summed E-state index contributed by atoms with van der Waals surface area (Å²) in [5.41, 5.74) is 0.711. The van der Waals surface area contributed by atoms with Gasteiger partial charge >= 0.3 is 0 Å². The number of aromatic nitrogens is 2. The molecule has 1 aromatic carbocycles. The summed E-state index contributed by atoms with van der Waals surface area (Å²) in [6.45, 7) is 5.66. The van der Waals surface area contributed by atoms with Crippen LogP contribution in [-0.2, 0) is 4.74 Å². The van der Waals surface area contributed by atoms with E-state index in [4.69, 9.17) is 27.9 Å². The fraction of sp³-hybridized carbons (Fsp3) is 0.375. The van der Waals surface area contributed by atoms with Crippen LogP contribution in [0.3, 0.4) is 0 Å². The number of ether oxygens (including phenoxy) is 1. The molecule has 0 aliphatic rings. The predicted octanol–water partition coefficient (Wildman–Crippen LogP) is 5.63. The van der Waals surface area contributed by atoms with E-state index in [1.165, 1.54) is 6.20 Å². The predicted molar refractivity (Wildman–Crippen MR) is 86.1 cm³/mol. The summed E-state index contributed by atoms with van der Waals surface area (Å²) in [7, 11) is 0. The maximum absolute atomic E-state index is 12.7. The van der Waals surface area contributed by atoms with Crippen LogP contribution in [-0.4, -0.2) is 15.6 Å². The van der Waals surface area contributed by atoms with Crippen LogP contribution < -0.4 is 0 Å². The smallest absolute Gasteiger partial charge is 0.297 e. The lowest BCUT2D eigenvalue weighted by molar-refractivity contribution is -0.0432. The number of benzene rings is 1. The molecule has 2 rings (SSSR count). The zero-order valence-corrected chi connectivity index (χ0v) is 14.4. The number of hydrogen-bond donors (Lipinski definition) is 0. The molecule has 3 nitrogen and oxygen atoms in total. The first-order valence-corrected chi connectivity index (χ1v) is 7.67. The van der Waals surface area contributed by atoms with Crippen LogP contribution in [0.4, 0.5) is 8.78 Å². The number of halogens is 4. The van der Waals surface area contributed by atoms with Crippen molar-refractivity contribution in [2.24, 2.45) is 0 Å². The van der Waals surface area contributed by atoms with Crippen molar-refractivity contribution < 1.29 is 13.5 Å². The van der Waals surface area contributed by atoms with Crippen LogP contribution in [0.2, 0.25) is 10.2 Å². The van der Waals surface area contributed by atoms with E-state index in [1.54, 1.807) is 24.3 Å². The van der Waals surface area contributed by atoms with Crippen LogP contribution in [0.5, 0.6) is 0 Å². The first-order valence-electron chi connectivity index (χ1n) is 6.91. The molecule has 1 atom stereocenters. The molecule has 0 bridgehead atoms. The Hall–Kier alpha value is -1.30. The Morgan fingerprint density at radius 3 is 2.17 bits per heavy atom. The Morgan fingerprint density at radius 2 is 1.70 bits per heavy atom. The molecule has 0 aliphatic heterocycles. The van der Waals surface area contributed by atoms with Crippen molar-refractivity contribution in [1.29, 1.82) is 0 Å². The molecule has 0 radical (unpaired) electrons. The average Bonchev–Trinajstić information content (AvgIpc) is 2.45. The molecule has 1 aromatic heterocycles. The zero-order chi connectivity index (χ0) is 17.2. The van der Waals surface area contributed by atoms with Gasteiger partial charge in [-0.25, -0.2) is 18.7 Å². The van der Waals surface area contributed by atoms with E-state index in [0.717, 1.165) is 5.56 Å². The standard InChI is InChI=1S/C16H16Cl2F2N2O/c1-16(2,3)23-12(9-4-6-10(17)7-5-9)11-8-21-15(14(19)20)22-13(11)18/h4-8,12,14H,1-3H3. The molecule has 2 aromatic rings. The van der Waals surface area contributed by atoms with Crippen molar-refractivity contribution in [3.05, 3.63) is 57.6 Å². The zero-order valence-electron chi connectivity index (χ0n) is 12.9. The molecule has 1 unspecified atom stereocenters. The molecule has 1 heterocycles. The average molecular weight is 361 g/mol. The van der Waals surface area contributed by atoms with E-state index >= 15 is 0 Å². The first kappa shape index (κ1) is 18.0. The van der Waals surface area contributed by atoms with Gasteiger partial charge < -0.3 is 4.74 Å². The van der Waals surface area contributed by atoms with Crippen molar-refractivity contribution in [1.82, 2.24) is 9.97 Å². The fourth-order valence-electron chi connectivity index (χ4n) is 1.97. The maximum atomic E-state index is 12.7. The Labute approximate surface area is 143 Å². The highest BCUT2D eigenvalue weighted by Gasteiger charge is 2.26. The van der Waals surface area contributed by atoms with Gasteiger partial charge in [-0.2, -0.15) is 0 Å². The van der Waals surface area contributed by atoms with Crippen LogP contribution in [0.15, 0.2) is 30.5 Å². The number of alkyl halides is 2. The second kappa shape index (κ2) is 7.07. The molecular weight excluding hydrogens is 345 g/mol. The molecule has 7 heteroatoms. The highest BCUT2D eigenvalue weighted by molar-refractivity contribution is 6.30. The van der Waals surface area contributed by atoms with Crippen LogP contribution in [0.1, 0.15) is 50.3 Å². The van der Waals surface area contributed by atoms with Gasteiger partial charge in [0.15, 0.2) is 5.82 Å². The Balaban J connectivity index is 2.47. The van der Waals surface area contributed by atoms with Gasteiger partial charge in [0.1, 0.15) is 11.3 Å². The van der Waals surface area contributed by atoms with Gasteiger partial charge in [-0.15, -0.1) is 0 Å². The van der Waals surface area contributed by atoms with E-state index in [1.807, 2.05) is 20.8 Å². The lowest BCUT2D eigenvalue weighted by atomic mass is 10.0. The second-order valence-corrected chi connectivity index (χ2v) is 6.73. The third-order valence-electron chi connectivity index (χ3n) is 2.91. The fourth-order valence-corrected chi connectivity index (χ4v) is 2.33. The van der Waals surface area contributed by atoms with E-state index in [0.29, 0.717) is 10.6 Å². The van der Waals surface area contributed by atoms with Gasteiger partial charge in [-0.1, -0.05) is 35.3 Å². The quantitative estimate of drug-likeness (QED) is 0.663. The lowest BCUT2D eigenvalue weighted by Crippen LogP contribution is -2.24. The van der Waals surface area contributed by atoms with Gasteiger partial charge in [0, 0.05) is 16.8 Å². The summed E-state index contributed by atoms with van der Waals surface area (Å²) in [4.78, 5) is 7.35. The molecule has 23 heavy (non-hydrogen) atoms. The number of hydrogen-bond acceptors (Lipinski definition) is 3. The van der Waals surface area contributed by atoms with E-state index in [2.05, 4.69) is 9.97 Å². The molecule has 0 saturated carbocycles. The van der Waals surface area contributed by atoms with Crippen molar-refractivity contribution >= 4 is 23.2 Å². The van der Waals surface area contributed by atoms with Crippen LogP contribution in [0, 0.1) is 0 Å². The molecule has 0 amide bonds. The normalized spacial score (nSPS) is 13.4. The molecule has 0 aliphatic carbocycles. The lowest BCUT2D eigenvalue weighted by Gasteiger charge is -2.28. The maximum Gasteiger partial charge on any atom is 0.297 e. The van der Waals surface area contributed by atoms with Gasteiger partial charge in [0.2, 0.25) is 0 Å². The summed E-state index contributed by atoms with van der Waals surface area (Å²) < 4.78 is 31.4. The van der Waals surface area contributed by atoms with Gasteiger partial charge in [-0.3, -0.25) is 0 Å². The molecule has 124 valence electrons. The largest absolute Gasteiger partial charge is 0.363 e. The second-order valence-electron chi connectivity index (χ2n) is 5.94. The summed E-state index contributed by atoms with van der Waals surface area (Å²) >= 11 is 12.0. The third-order valence-corrected chi connectivity index (χ3v) is 3.46. The van der Waals surface area contributed by atoms with Crippen molar-refractivity contribution in [3.63, 3.8) is 0 Å². The van der Waals surface area contributed by atoms with Crippen LogP contribution >= 0.6 is 23.2 Å². The first-order chi connectivity index (χ1) is 10.7. The number of rotatable bonds is 4. The molecule has 0 fully saturated rings. The molecule has 0 N–H and O–H groups in total. The Bertz CT molecular complexity index is 673. The minimum absolute atomic E-state index is 0.0560. The minimum Gasteiger partial charge on any atom is -0.363 e. The Kier molecular flexibility index (Phi) is 5.55. The highest BCUT2D eigenvalue weighted by atomic mass is 35.5. The monoisotopic (exact) mass is 360 g/mol. The van der Waals surface area contributed by atoms with E-state index < -0.39 is 24.0 Å². The van der Waals surface area contributed by atoms with Crippen LogP contribution in [0.25, 0.3) is 0 Å². The van der Waals surface area contributed by atoms with E-state index in [9.17, 15) is 8.78 Å². The van der Waals surface area contributed by atoms with Crippen molar-refractivity contribution in [2.45, 2.75) is 38.9 Å². The topological polar surface area (TPSA) is 35.0 Å². The highest BCUT2D eigenvalue weighted by Crippen LogP contribution is 2.34.